The van der Waals surface area contributed by atoms with E-state index in [4.69, 9.17) is 4.74 Å². The van der Waals surface area contributed by atoms with Crippen LogP contribution in [0, 0.1) is 13.8 Å². The Kier molecular flexibility index (Phi) is 4.39. The summed E-state index contributed by atoms with van der Waals surface area (Å²) in [4.78, 5) is 12.3. The molecule has 0 unspecified atom stereocenters. The van der Waals surface area contributed by atoms with E-state index in [0.717, 1.165) is 34.1 Å². The van der Waals surface area contributed by atoms with Crippen LogP contribution in [0.15, 0.2) is 42.5 Å². The van der Waals surface area contributed by atoms with Gasteiger partial charge in [0.25, 0.3) is 5.91 Å². The number of carbonyl (C=O) groups is 1. The number of rotatable bonds is 4. The SMILES string of the molecule is Cc1ccc(C(=O)Nc2ccc(OC3CSC3)cc2)c(C)c1. The van der Waals surface area contributed by atoms with Crippen molar-refractivity contribution in [2.75, 3.05) is 16.8 Å². The van der Waals surface area contributed by atoms with E-state index in [-0.39, 0.29) is 5.91 Å². The van der Waals surface area contributed by atoms with Gasteiger partial charge in [0, 0.05) is 22.8 Å². The number of hydrogen-bond acceptors (Lipinski definition) is 3. The molecule has 0 aliphatic carbocycles. The predicted molar refractivity (Wildman–Crippen MR) is 92.1 cm³/mol. The molecule has 0 radical (unpaired) electrons. The smallest absolute Gasteiger partial charge is 0.255 e. The zero-order valence-corrected chi connectivity index (χ0v) is 13.6. The molecule has 1 aliphatic rings. The Hall–Kier alpha value is -1.94. The van der Waals surface area contributed by atoms with E-state index in [2.05, 4.69) is 5.32 Å². The summed E-state index contributed by atoms with van der Waals surface area (Å²) in [5.74, 6) is 2.90. The van der Waals surface area contributed by atoms with Crippen LogP contribution in [0.5, 0.6) is 5.75 Å². The third kappa shape index (κ3) is 3.45. The van der Waals surface area contributed by atoms with Crippen molar-refractivity contribution in [3.05, 3.63) is 59.2 Å². The molecule has 22 heavy (non-hydrogen) atoms. The molecule has 0 atom stereocenters. The van der Waals surface area contributed by atoms with E-state index in [0.29, 0.717) is 11.7 Å². The molecule has 1 heterocycles. The fourth-order valence-corrected chi connectivity index (χ4v) is 2.92. The molecule has 4 heteroatoms. The number of ether oxygens (including phenoxy) is 1. The zero-order valence-electron chi connectivity index (χ0n) is 12.8. The second-order valence-corrected chi connectivity index (χ2v) is 6.65. The normalized spacial score (nSPS) is 14.3. The first kappa shape index (κ1) is 15.0. The minimum atomic E-state index is -0.0819. The molecule has 114 valence electrons. The predicted octanol–water partition coefficient (Wildman–Crippen LogP) is 4.05. The number of aryl methyl sites for hydroxylation is 2. The fraction of sp³-hybridized carbons (Fsp3) is 0.278. The quantitative estimate of drug-likeness (QED) is 0.925. The van der Waals surface area contributed by atoms with Gasteiger partial charge < -0.3 is 10.1 Å². The first-order valence-corrected chi connectivity index (χ1v) is 8.50. The molecule has 0 aromatic heterocycles. The lowest BCUT2D eigenvalue weighted by molar-refractivity contribution is 0.102. The van der Waals surface area contributed by atoms with Crippen LogP contribution >= 0.6 is 11.8 Å². The Morgan fingerprint density at radius 1 is 1.14 bits per heavy atom. The zero-order chi connectivity index (χ0) is 15.5. The van der Waals surface area contributed by atoms with Gasteiger partial charge in [-0.15, -0.1) is 0 Å². The number of thioether (sulfide) groups is 1. The van der Waals surface area contributed by atoms with Crippen molar-refractivity contribution >= 4 is 23.4 Å². The number of hydrogen-bond donors (Lipinski definition) is 1. The maximum Gasteiger partial charge on any atom is 0.255 e. The Morgan fingerprint density at radius 3 is 2.45 bits per heavy atom. The molecule has 2 aromatic rings. The number of nitrogens with one attached hydrogen (secondary N) is 1. The highest BCUT2D eigenvalue weighted by Crippen LogP contribution is 2.25. The first-order chi connectivity index (χ1) is 10.6. The Bertz CT molecular complexity index is 678. The molecule has 1 saturated heterocycles. The van der Waals surface area contributed by atoms with Gasteiger partial charge in [-0.05, 0) is 49.7 Å². The average molecular weight is 313 g/mol. The Morgan fingerprint density at radius 2 is 1.86 bits per heavy atom. The lowest BCUT2D eigenvalue weighted by Gasteiger charge is -2.25. The van der Waals surface area contributed by atoms with Crippen LogP contribution < -0.4 is 10.1 Å². The van der Waals surface area contributed by atoms with Gasteiger partial charge in [0.1, 0.15) is 11.9 Å². The second kappa shape index (κ2) is 6.44. The van der Waals surface area contributed by atoms with Crippen LogP contribution in [-0.4, -0.2) is 23.5 Å². The van der Waals surface area contributed by atoms with Gasteiger partial charge in [0.05, 0.1) is 0 Å². The number of amides is 1. The summed E-state index contributed by atoms with van der Waals surface area (Å²) in [6.07, 6.45) is 0.334. The van der Waals surface area contributed by atoms with E-state index in [1.165, 1.54) is 0 Å². The summed E-state index contributed by atoms with van der Waals surface area (Å²) >= 11 is 1.89. The van der Waals surface area contributed by atoms with Gasteiger partial charge in [-0.1, -0.05) is 17.7 Å². The summed E-state index contributed by atoms with van der Waals surface area (Å²) in [5, 5.41) is 2.93. The van der Waals surface area contributed by atoms with Crippen molar-refractivity contribution in [3.63, 3.8) is 0 Å². The highest BCUT2D eigenvalue weighted by Gasteiger charge is 2.19. The van der Waals surface area contributed by atoms with Crippen LogP contribution in [0.3, 0.4) is 0 Å². The maximum absolute atomic E-state index is 12.3. The van der Waals surface area contributed by atoms with Crippen molar-refractivity contribution < 1.29 is 9.53 Å². The topological polar surface area (TPSA) is 38.3 Å². The van der Waals surface area contributed by atoms with Gasteiger partial charge >= 0.3 is 0 Å². The summed E-state index contributed by atoms with van der Waals surface area (Å²) in [6.45, 7) is 3.98. The Balaban J connectivity index is 1.65. The van der Waals surface area contributed by atoms with Crippen molar-refractivity contribution in [1.29, 1.82) is 0 Å². The molecule has 0 spiro atoms. The molecule has 1 fully saturated rings. The third-order valence-electron chi connectivity index (χ3n) is 3.65. The van der Waals surface area contributed by atoms with E-state index >= 15 is 0 Å². The summed E-state index contributed by atoms with van der Waals surface area (Å²) in [7, 11) is 0. The molecular formula is C18H19NO2S. The number of carbonyl (C=O) groups excluding carboxylic acids is 1. The minimum absolute atomic E-state index is 0.0819. The lowest BCUT2D eigenvalue weighted by atomic mass is 10.1. The number of anilines is 1. The Labute approximate surface area is 135 Å². The van der Waals surface area contributed by atoms with Gasteiger partial charge in [0.15, 0.2) is 0 Å². The van der Waals surface area contributed by atoms with Crippen molar-refractivity contribution in [1.82, 2.24) is 0 Å². The van der Waals surface area contributed by atoms with Gasteiger partial charge in [0.2, 0.25) is 0 Å². The van der Waals surface area contributed by atoms with Crippen molar-refractivity contribution in [3.8, 4) is 5.75 Å². The van der Waals surface area contributed by atoms with Crippen LogP contribution in [0.4, 0.5) is 5.69 Å². The van der Waals surface area contributed by atoms with E-state index in [1.807, 2.05) is 68.1 Å². The second-order valence-electron chi connectivity index (χ2n) is 5.57. The molecular weight excluding hydrogens is 294 g/mol. The van der Waals surface area contributed by atoms with Crippen molar-refractivity contribution in [2.24, 2.45) is 0 Å². The average Bonchev–Trinajstić information content (AvgIpc) is 2.44. The molecule has 1 amide bonds. The molecule has 2 aromatic carbocycles. The summed E-state index contributed by atoms with van der Waals surface area (Å²) in [5.41, 5.74) is 3.63. The van der Waals surface area contributed by atoms with E-state index in [9.17, 15) is 4.79 Å². The summed E-state index contributed by atoms with van der Waals surface area (Å²) < 4.78 is 5.79. The minimum Gasteiger partial charge on any atom is -0.489 e. The molecule has 3 nitrogen and oxygen atoms in total. The largest absolute Gasteiger partial charge is 0.489 e. The summed E-state index contributed by atoms with van der Waals surface area (Å²) in [6, 6.07) is 13.4. The standard InChI is InChI=1S/C18H19NO2S/c1-12-3-8-17(13(2)9-12)18(20)19-14-4-6-15(7-5-14)21-16-10-22-11-16/h3-9,16H,10-11H2,1-2H3,(H,19,20). The van der Waals surface area contributed by atoms with Crippen LogP contribution in [0.25, 0.3) is 0 Å². The highest BCUT2D eigenvalue weighted by molar-refractivity contribution is 8.00. The van der Waals surface area contributed by atoms with Gasteiger partial charge in [-0.25, -0.2) is 0 Å². The lowest BCUT2D eigenvalue weighted by Crippen LogP contribution is -2.30. The fourth-order valence-electron chi connectivity index (χ4n) is 2.36. The highest BCUT2D eigenvalue weighted by atomic mass is 32.2. The number of benzene rings is 2. The first-order valence-electron chi connectivity index (χ1n) is 7.35. The monoisotopic (exact) mass is 313 g/mol. The van der Waals surface area contributed by atoms with Crippen LogP contribution in [-0.2, 0) is 0 Å². The molecule has 1 N–H and O–H groups in total. The van der Waals surface area contributed by atoms with E-state index in [1.54, 1.807) is 0 Å². The molecule has 1 aliphatic heterocycles. The van der Waals surface area contributed by atoms with Gasteiger partial charge in [-0.2, -0.15) is 11.8 Å². The third-order valence-corrected chi connectivity index (χ3v) is 4.86. The van der Waals surface area contributed by atoms with Crippen LogP contribution in [0.1, 0.15) is 21.5 Å². The van der Waals surface area contributed by atoms with E-state index < -0.39 is 0 Å². The molecule has 3 rings (SSSR count). The van der Waals surface area contributed by atoms with Crippen LogP contribution in [0.2, 0.25) is 0 Å². The maximum atomic E-state index is 12.3. The molecule has 0 saturated carbocycles. The van der Waals surface area contributed by atoms with Crippen molar-refractivity contribution in [2.45, 2.75) is 20.0 Å². The molecule has 0 bridgehead atoms. The van der Waals surface area contributed by atoms with Gasteiger partial charge in [-0.3, -0.25) is 4.79 Å².